The van der Waals surface area contributed by atoms with Gasteiger partial charge in [0.1, 0.15) is 17.2 Å². The van der Waals surface area contributed by atoms with Crippen molar-refractivity contribution in [3.63, 3.8) is 0 Å². The second-order valence-corrected chi connectivity index (χ2v) is 7.40. The van der Waals surface area contributed by atoms with E-state index in [9.17, 15) is 9.90 Å². The normalized spacial score (nSPS) is 10.7. The number of hydrogen-bond donors (Lipinski definition) is 2. The van der Waals surface area contributed by atoms with E-state index in [2.05, 4.69) is 31.2 Å². The number of aromatic nitrogens is 2. The highest BCUT2D eigenvalue weighted by Gasteiger charge is 2.16. The number of ether oxygens (including phenoxy) is 1. The Kier molecular flexibility index (Phi) is 4.74. The molecule has 2 aromatic heterocycles. The van der Waals surface area contributed by atoms with E-state index in [1.807, 2.05) is 42.5 Å². The summed E-state index contributed by atoms with van der Waals surface area (Å²) in [6.45, 7) is 0. The maximum atomic E-state index is 12.3. The summed E-state index contributed by atoms with van der Waals surface area (Å²) in [5, 5.41) is 12.8. The Labute approximate surface area is 166 Å². The summed E-state index contributed by atoms with van der Waals surface area (Å²) in [7, 11) is 0. The van der Waals surface area contributed by atoms with Crippen molar-refractivity contribution in [1.29, 1.82) is 0 Å². The van der Waals surface area contributed by atoms with Crippen LogP contribution < -0.4 is 10.1 Å². The first-order valence-electron chi connectivity index (χ1n) is 7.88. The summed E-state index contributed by atoms with van der Waals surface area (Å²) in [5.74, 6) is 0.678. The van der Waals surface area contributed by atoms with Gasteiger partial charge in [0.2, 0.25) is 0 Å². The second kappa shape index (κ2) is 7.34. The van der Waals surface area contributed by atoms with Gasteiger partial charge >= 0.3 is 0 Å². The van der Waals surface area contributed by atoms with Gasteiger partial charge in [0.25, 0.3) is 5.91 Å². The molecule has 0 saturated carbocycles. The average molecular weight is 442 g/mol. The molecule has 0 saturated heterocycles. The number of nitrogens with one attached hydrogen (secondary N) is 1. The summed E-state index contributed by atoms with van der Waals surface area (Å²) in [4.78, 5) is 20.6. The monoisotopic (exact) mass is 441 g/mol. The van der Waals surface area contributed by atoms with Crippen LogP contribution in [0.3, 0.4) is 0 Å². The van der Waals surface area contributed by atoms with Crippen LogP contribution in [0, 0.1) is 0 Å². The Balaban J connectivity index is 1.61. The molecule has 0 atom stereocenters. The number of carbonyl (C=O) groups is 1. The van der Waals surface area contributed by atoms with Gasteiger partial charge in [0, 0.05) is 16.7 Å². The number of aromatic hydroxyl groups is 1. The number of pyridine rings is 1. The van der Waals surface area contributed by atoms with E-state index in [1.54, 1.807) is 6.07 Å². The van der Waals surface area contributed by atoms with E-state index in [1.165, 1.54) is 23.6 Å². The molecule has 2 aromatic carbocycles. The van der Waals surface area contributed by atoms with Crippen molar-refractivity contribution in [2.75, 3.05) is 5.32 Å². The number of anilines is 1. The van der Waals surface area contributed by atoms with Crippen LogP contribution in [0.2, 0.25) is 0 Å². The Hall–Kier alpha value is -2.97. The van der Waals surface area contributed by atoms with Gasteiger partial charge in [0.15, 0.2) is 10.8 Å². The first-order valence-corrected chi connectivity index (χ1v) is 9.49. The smallest absolute Gasteiger partial charge is 0.279 e. The highest BCUT2D eigenvalue weighted by Crippen LogP contribution is 2.36. The predicted molar refractivity (Wildman–Crippen MR) is 108 cm³/mol. The zero-order valence-electron chi connectivity index (χ0n) is 13.7. The maximum absolute atomic E-state index is 12.3. The number of hydrogen-bond acceptors (Lipinski definition) is 6. The third-order valence-electron chi connectivity index (χ3n) is 3.62. The average Bonchev–Trinajstić information content (AvgIpc) is 3.06. The lowest BCUT2D eigenvalue weighted by Crippen LogP contribution is -2.13. The molecule has 4 rings (SSSR count). The molecule has 134 valence electrons. The fourth-order valence-electron chi connectivity index (χ4n) is 2.43. The van der Waals surface area contributed by atoms with Crippen molar-refractivity contribution in [3.05, 3.63) is 71.0 Å². The first-order chi connectivity index (χ1) is 13.1. The van der Waals surface area contributed by atoms with Crippen LogP contribution in [0.15, 0.2) is 65.3 Å². The van der Waals surface area contributed by atoms with Gasteiger partial charge < -0.3 is 9.84 Å². The summed E-state index contributed by atoms with van der Waals surface area (Å²) >= 11 is 4.80. The van der Waals surface area contributed by atoms with Crippen molar-refractivity contribution in [1.82, 2.24) is 9.97 Å². The van der Waals surface area contributed by atoms with Crippen LogP contribution in [0.5, 0.6) is 17.2 Å². The molecular weight excluding hydrogens is 430 g/mol. The topological polar surface area (TPSA) is 84.3 Å². The van der Waals surface area contributed by atoms with Crippen LogP contribution in [0.4, 0.5) is 5.13 Å². The van der Waals surface area contributed by atoms with Crippen LogP contribution in [-0.2, 0) is 0 Å². The van der Waals surface area contributed by atoms with Gasteiger partial charge in [-0.05, 0) is 46.3 Å². The number of rotatable bonds is 4. The van der Waals surface area contributed by atoms with E-state index in [-0.39, 0.29) is 11.4 Å². The SMILES string of the molecule is O=C(Nc1nc2c(Br)cc(Oc3ccccc3)cc2s1)c1ncccc1O. The van der Waals surface area contributed by atoms with Gasteiger partial charge in [0.05, 0.1) is 10.2 Å². The quantitative estimate of drug-likeness (QED) is 0.454. The molecule has 2 heterocycles. The fraction of sp³-hybridized carbons (Fsp3) is 0. The maximum Gasteiger partial charge on any atom is 0.279 e. The Morgan fingerprint density at radius 3 is 2.70 bits per heavy atom. The highest BCUT2D eigenvalue weighted by atomic mass is 79.9. The number of carbonyl (C=O) groups excluding carboxylic acids is 1. The van der Waals surface area contributed by atoms with Crippen molar-refractivity contribution in [3.8, 4) is 17.2 Å². The van der Waals surface area contributed by atoms with E-state index in [4.69, 9.17) is 4.74 Å². The van der Waals surface area contributed by atoms with Crippen LogP contribution in [0.1, 0.15) is 10.5 Å². The van der Waals surface area contributed by atoms with E-state index < -0.39 is 5.91 Å². The summed E-state index contributed by atoms with van der Waals surface area (Å²) < 4.78 is 7.46. The minimum absolute atomic E-state index is 0.0519. The van der Waals surface area contributed by atoms with Crippen LogP contribution >= 0.6 is 27.3 Å². The number of thiazole rings is 1. The molecule has 0 aliphatic heterocycles. The fourth-order valence-corrected chi connectivity index (χ4v) is 4.01. The zero-order chi connectivity index (χ0) is 18.8. The number of halogens is 1. The molecule has 0 aliphatic rings. The van der Waals surface area contributed by atoms with Gasteiger partial charge in [-0.1, -0.05) is 29.5 Å². The molecule has 2 N–H and O–H groups in total. The number of nitrogens with zero attached hydrogens (tertiary/aromatic N) is 2. The Bertz CT molecular complexity index is 1130. The molecule has 27 heavy (non-hydrogen) atoms. The number of para-hydroxylation sites is 1. The molecule has 1 amide bonds. The third-order valence-corrected chi connectivity index (χ3v) is 5.15. The molecular formula is C19H12BrN3O3S. The minimum Gasteiger partial charge on any atom is -0.505 e. The summed E-state index contributed by atoms with van der Waals surface area (Å²) in [6, 6.07) is 16.1. The lowest BCUT2D eigenvalue weighted by atomic mass is 10.3. The standard InChI is InChI=1S/C19H12BrN3O3S/c20-13-9-12(26-11-5-2-1-3-6-11)10-15-16(13)22-19(27-15)23-18(25)17-14(24)7-4-8-21-17/h1-10,24H,(H,22,23,25). The molecule has 0 aliphatic carbocycles. The molecule has 0 radical (unpaired) electrons. The highest BCUT2D eigenvalue weighted by molar-refractivity contribution is 9.10. The summed E-state index contributed by atoms with van der Waals surface area (Å²) in [5.41, 5.74) is 0.657. The zero-order valence-corrected chi connectivity index (χ0v) is 16.1. The van der Waals surface area contributed by atoms with Crippen molar-refractivity contribution in [2.24, 2.45) is 0 Å². The predicted octanol–water partition coefficient (Wildman–Crippen LogP) is 5.20. The Morgan fingerprint density at radius 1 is 1.11 bits per heavy atom. The molecule has 4 aromatic rings. The van der Waals surface area contributed by atoms with Crippen LogP contribution in [0.25, 0.3) is 10.2 Å². The number of amides is 1. The molecule has 0 bridgehead atoms. The Morgan fingerprint density at radius 2 is 1.93 bits per heavy atom. The van der Waals surface area contributed by atoms with Crippen molar-refractivity contribution >= 4 is 48.5 Å². The largest absolute Gasteiger partial charge is 0.505 e. The van der Waals surface area contributed by atoms with Gasteiger partial charge in [-0.2, -0.15) is 0 Å². The molecule has 0 fully saturated rings. The van der Waals surface area contributed by atoms with Gasteiger partial charge in [-0.25, -0.2) is 9.97 Å². The van der Waals surface area contributed by atoms with Crippen molar-refractivity contribution < 1.29 is 14.6 Å². The number of benzene rings is 2. The second-order valence-electron chi connectivity index (χ2n) is 5.51. The number of fused-ring (bicyclic) bond motifs is 1. The molecule has 0 unspecified atom stereocenters. The van der Waals surface area contributed by atoms with Crippen molar-refractivity contribution in [2.45, 2.75) is 0 Å². The molecule has 0 spiro atoms. The van der Waals surface area contributed by atoms with E-state index in [0.29, 0.717) is 16.4 Å². The lowest BCUT2D eigenvalue weighted by molar-refractivity contribution is 0.101. The first kappa shape index (κ1) is 17.4. The van der Waals surface area contributed by atoms with Crippen LogP contribution in [-0.4, -0.2) is 21.0 Å². The lowest BCUT2D eigenvalue weighted by Gasteiger charge is -2.05. The minimum atomic E-state index is -0.524. The molecule has 8 heteroatoms. The van der Waals surface area contributed by atoms with E-state index >= 15 is 0 Å². The summed E-state index contributed by atoms with van der Waals surface area (Å²) in [6.07, 6.45) is 1.44. The molecule has 6 nitrogen and oxygen atoms in total. The van der Waals surface area contributed by atoms with E-state index in [0.717, 1.165) is 14.9 Å². The third kappa shape index (κ3) is 3.76. The van der Waals surface area contributed by atoms with Gasteiger partial charge in [-0.15, -0.1) is 0 Å². The van der Waals surface area contributed by atoms with Gasteiger partial charge in [-0.3, -0.25) is 10.1 Å².